The molecule has 0 aliphatic carbocycles. The Balaban J connectivity index is 1.77. The predicted octanol–water partition coefficient (Wildman–Crippen LogP) is 4.28. The summed E-state index contributed by atoms with van der Waals surface area (Å²) in [5.74, 6) is 1.68. The molecule has 0 spiro atoms. The first-order valence-corrected chi connectivity index (χ1v) is 6.88. The van der Waals surface area contributed by atoms with Crippen molar-refractivity contribution in [1.29, 1.82) is 0 Å². The van der Waals surface area contributed by atoms with Gasteiger partial charge in [0.15, 0.2) is 5.82 Å². The SMILES string of the molecule is Cc1cc(Nc2ccnc(Nc3cccc(C(F)(F)F)c3)n2)no1. The second kappa shape index (κ2) is 6.19. The van der Waals surface area contributed by atoms with Crippen molar-refractivity contribution >= 4 is 23.3 Å². The fourth-order valence-electron chi connectivity index (χ4n) is 1.95. The van der Waals surface area contributed by atoms with Crippen LogP contribution in [0.1, 0.15) is 11.3 Å². The second-order valence-electron chi connectivity index (χ2n) is 4.92. The number of hydrogen-bond donors (Lipinski definition) is 2. The maximum atomic E-state index is 12.7. The Morgan fingerprint density at radius 3 is 2.58 bits per heavy atom. The molecule has 6 nitrogen and oxygen atoms in total. The number of nitrogens with zero attached hydrogens (tertiary/aromatic N) is 3. The van der Waals surface area contributed by atoms with E-state index in [0.29, 0.717) is 17.4 Å². The summed E-state index contributed by atoms with van der Waals surface area (Å²) in [4.78, 5) is 8.15. The molecule has 2 aromatic heterocycles. The molecule has 3 rings (SSSR count). The first-order chi connectivity index (χ1) is 11.4. The molecule has 2 heterocycles. The highest BCUT2D eigenvalue weighted by Gasteiger charge is 2.30. The number of alkyl halides is 3. The van der Waals surface area contributed by atoms with Crippen LogP contribution in [-0.4, -0.2) is 15.1 Å². The van der Waals surface area contributed by atoms with Crippen LogP contribution in [0.3, 0.4) is 0 Å². The molecule has 124 valence electrons. The maximum Gasteiger partial charge on any atom is 0.416 e. The summed E-state index contributed by atoms with van der Waals surface area (Å²) in [6.07, 6.45) is -2.94. The van der Waals surface area contributed by atoms with E-state index in [1.807, 2.05) is 0 Å². The van der Waals surface area contributed by atoms with Crippen LogP contribution in [0.15, 0.2) is 47.1 Å². The van der Waals surface area contributed by atoms with Crippen LogP contribution in [0.25, 0.3) is 0 Å². The first kappa shape index (κ1) is 15.8. The van der Waals surface area contributed by atoms with Crippen LogP contribution in [0.2, 0.25) is 0 Å². The number of nitrogens with one attached hydrogen (secondary N) is 2. The first-order valence-electron chi connectivity index (χ1n) is 6.88. The summed E-state index contributed by atoms with van der Waals surface area (Å²) in [7, 11) is 0. The Bertz CT molecular complexity index is 847. The summed E-state index contributed by atoms with van der Waals surface area (Å²) >= 11 is 0. The van der Waals surface area contributed by atoms with Gasteiger partial charge in [0.05, 0.1) is 5.56 Å². The monoisotopic (exact) mass is 335 g/mol. The maximum absolute atomic E-state index is 12.7. The van der Waals surface area contributed by atoms with E-state index in [1.165, 1.54) is 18.3 Å². The van der Waals surface area contributed by atoms with Crippen molar-refractivity contribution in [3.8, 4) is 0 Å². The van der Waals surface area contributed by atoms with Crippen molar-refractivity contribution in [1.82, 2.24) is 15.1 Å². The van der Waals surface area contributed by atoms with Gasteiger partial charge in [0.1, 0.15) is 11.6 Å². The number of benzene rings is 1. The highest BCUT2D eigenvalue weighted by molar-refractivity contribution is 5.58. The van der Waals surface area contributed by atoms with E-state index < -0.39 is 11.7 Å². The van der Waals surface area contributed by atoms with Gasteiger partial charge in [-0.15, -0.1) is 0 Å². The van der Waals surface area contributed by atoms with Gasteiger partial charge in [-0.25, -0.2) is 4.98 Å². The molecule has 0 atom stereocenters. The normalized spacial score (nSPS) is 11.3. The lowest BCUT2D eigenvalue weighted by molar-refractivity contribution is -0.137. The van der Waals surface area contributed by atoms with Gasteiger partial charge in [-0.3, -0.25) is 0 Å². The minimum Gasteiger partial charge on any atom is -0.360 e. The number of hydrogen-bond acceptors (Lipinski definition) is 6. The van der Waals surface area contributed by atoms with Gasteiger partial charge in [0.25, 0.3) is 0 Å². The van der Waals surface area contributed by atoms with Crippen LogP contribution in [0.5, 0.6) is 0 Å². The zero-order valence-electron chi connectivity index (χ0n) is 12.4. The van der Waals surface area contributed by atoms with Gasteiger partial charge in [0.2, 0.25) is 5.95 Å². The summed E-state index contributed by atoms with van der Waals surface area (Å²) in [6.45, 7) is 1.75. The largest absolute Gasteiger partial charge is 0.416 e. The molecule has 0 saturated carbocycles. The molecule has 0 amide bonds. The third-order valence-electron chi connectivity index (χ3n) is 2.99. The molecule has 2 N–H and O–H groups in total. The van der Waals surface area contributed by atoms with E-state index >= 15 is 0 Å². The van der Waals surface area contributed by atoms with Crippen molar-refractivity contribution in [3.05, 3.63) is 53.9 Å². The van der Waals surface area contributed by atoms with Gasteiger partial charge in [-0.05, 0) is 31.2 Å². The molecular weight excluding hydrogens is 323 g/mol. The number of rotatable bonds is 4. The summed E-state index contributed by atoms with van der Waals surface area (Å²) in [6, 6.07) is 8.08. The van der Waals surface area contributed by atoms with Crippen molar-refractivity contribution in [2.45, 2.75) is 13.1 Å². The molecule has 0 radical (unpaired) electrons. The zero-order valence-corrected chi connectivity index (χ0v) is 12.4. The number of anilines is 4. The average Bonchev–Trinajstić information content (AvgIpc) is 2.92. The van der Waals surface area contributed by atoms with Crippen LogP contribution in [0, 0.1) is 6.92 Å². The van der Waals surface area contributed by atoms with E-state index in [0.717, 1.165) is 12.1 Å². The lowest BCUT2D eigenvalue weighted by Crippen LogP contribution is -2.06. The third-order valence-corrected chi connectivity index (χ3v) is 2.99. The van der Waals surface area contributed by atoms with Crippen molar-refractivity contribution in [3.63, 3.8) is 0 Å². The predicted molar refractivity (Wildman–Crippen MR) is 81.3 cm³/mol. The van der Waals surface area contributed by atoms with Gasteiger partial charge in [0, 0.05) is 18.0 Å². The molecule has 0 unspecified atom stereocenters. The Morgan fingerprint density at radius 2 is 1.88 bits per heavy atom. The molecule has 3 aromatic rings. The average molecular weight is 335 g/mol. The summed E-state index contributed by atoms with van der Waals surface area (Å²) < 4.78 is 43.1. The fraction of sp³-hybridized carbons (Fsp3) is 0.133. The van der Waals surface area contributed by atoms with Crippen LogP contribution >= 0.6 is 0 Å². The van der Waals surface area contributed by atoms with Crippen LogP contribution in [0.4, 0.5) is 36.4 Å². The lowest BCUT2D eigenvalue weighted by Gasteiger charge is -2.10. The van der Waals surface area contributed by atoms with Gasteiger partial charge < -0.3 is 15.2 Å². The Kier molecular flexibility index (Phi) is 4.07. The second-order valence-corrected chi connectivity index (χ2v) is 4.92. The zero-order chi connectivity index (χ0) is 17.2. The molecule has 0 fully saturated rings. The van der Waals surface area contributed by atoms with Gasteiger partial charge in [-0.2, -0.15) is 18.2 Å². The number of aryl methyl sites for hydroxylation is 1. The molecule has 0 aliphatic rings. The molecule has 0 saturated heterocycles. The quantitative estimate of drug-likeness (QED) is 0.741. The number of halogens is 3. The highest BCUT2D eigenvalue weighted by atomic mass is 19.4. The van der Waals surface area contributed by atoms with E-state index in [4.69, 9.17) is 4.52 Å². The van der Waals surface area contributed by atoms with Crippen LogP contribution in [-0.2, 0) is 6.18 Å². The minimum atomic E-state index is -4.41. The highest BCUT2D eigenvalue weighted by Crippen LogP contribution is 2.31. The van der Waals surface area contributed by atoms with Crippen LogP contribution < -0.4 is 10.6 Å². The molecule has 0 bridgehead atoms. The molecule has 9 heteroatoms. The summed E-state index contributed by atoms with van der Waals surface area (Å²) in [5, 5.41) is 9.42. The van der Waals surface area contributed by atoms with Crippen molar-refractivity contribution < 1.29 is 17.7 Å². The Morgan fingerprint density at radius 1 is 1.04 bits per heavy atom. The van der Waals surface area contributed by atoms with E-state index in [9.17, 15) is 13.2 Å². The lowest BCUT2D eigenvalue weighted by atomic mass is 10.2. The smallest absolute Gasteiger partial charge is 0.360 e. The van der Waals surface area contributed by atoms with Crippen molar-refractivity contribution in [2.24, 2.45) is 0 Å². The Hall–Kier alpha value is -3.10. The Labute approximate surface area is 134 Å². The van der Waals surface area contributed by atoms with E-state index in [-0.39, 0.29) is 11.6 Å². The molecule has 24 heavy (non-hydrogen) atoms. The van der Waals surface area contributed by atoms with E-state index in [2.05, 4.69) is 25.8 Å². The molecule has 0 aliphatic heterocycles. The summed E-state index contributed by atoms with van der Waals surface area (Å²) in [5.41, 5.74) is -0.515. The number of aromatic nitrogens is 3. The standard InChI is InChI=1S/C15H12F3N5O/c1-9-7-13(23-24-9)21-12-5-6-19-14(22-12)20-11-4-2-3-10(8-11)15(16,17)18/h2-8H,1H3,(H2,19,20,21,22,23). The van der Waals surface area contributed by atoms with Crippen molar-refractivity contribution in [2.75, 3.05) is 10.6 Å². The fourth-order valence-corrected chi connectivity index (χ4v) is 1.95. The van der Waals surface area contributed by atoms with Gasteiger partial charge >= 0.3 is 6.18 Å². The molecular formula is C15H12F3N5O. The van der Waals surface area contributed by atoms with E-state index in [1.54, 1.807) is 19.1 Å². The minimum absolute atomic E-state index is 0.152. The third kappa shape index (κ3) is 3.80. The molecule has 1 aromatic carbocycles. The van der Waals surface area contributed by atoms with Gasteiger partial charge in [-0.1, -0.05) is 11.2 Å². The topological polar surface area (TPSA) is 75.9 Å².